The molecule has 2 heteroatoms. The normalized spacial score (nSPS) is 11.5. The van der Waals surface area contributed by atoms with Gasteiger partial charge in [-0.25, -0.2) is 0 Å². The lowest BCUT2D eigenvalue weighted by molar-refractivity contribution is 0.408. The molecule has 0 bridgehead atoms. The molecule has 78 valence electrons. The minimum atomic E-state index is 0.0125. The van der Waals surface area contributed by atoms with Crippen molar-refractivity contribution in [3.05, 3.63) is 29.3 Å². The van der Waals surface area contributed by atoms with E-state index in [0.29, 0.717) is 6.54 Å². The monoisotopic (exact) mass is 193 g/mol. The van der Waals surface area contributed by atoms with Gasteiger partial charge in [0.05, 0.1) is 7.11 Å². The highest BCUT2D eigenvalue weighted by atomic mass is 16.5. The highest BCUT2D eigenvalue weighted by Gasteiger charge is 2.21. The van der Waals surface area contributed by atoms with Crippen molar-refractivity contribution in [2.24, 2.45) is 5.73 Å². The van der Waals surface area contributed by atoms with Gasteiger partial charge in [-0.1, -0.05) is 26.0 Å². The van der Waals surface area contributed by atoms with E-state index in [4.69, 9.17) is 10.5 Å². The Morgan fingerprint density at radius 1 is 1.36 bits per heavy atom. The largest absolute Gasteiger partial charge is 0.496 e. The van der Waals surface area contributed by atoms with Crippen molar-refractivity contribution in [2.45, 2.75) is 26.2 Å². The highest BCUT2D eigenvalue weighted by Crippen LogP contribution is 2.30. The Kier molecular flexibility index (Phi) is 3.17. The molecule has 1 aromatic rings. The van der Waals surface area contributed by atoms with Gasteiger partial charge in [0.25, 0.3) is 0 Å². The van der Waals surface area contributed by atoms with E-state index in [-0.39, 0.29) is 5.41 Å². The minimum absolute atomic E-state index is 0.0125. The molecular weight excluding hydrogens is 174 g/mol. The zero-order valence-corrected chi connectivity index (χ0v) is 9.42. The number of ether oxygens (including phenoxy) is 1. The average Bonchev–Trinajstić information content (AvgIpc) is 2.18. The standard InChI is InChI=1S/C12H19NO/c1-9-10(12(2,3)8-13)6-5-7-11(9)14-4/h5-7H,8,13H2,1-4H3. The summed E-state index contributed by atoms with van der Waals surface area (Å²) in [6.45, 7) is 7.01. The van der Waals surface area contributed by atoms with Crippen molar-refractivity contribution < 1.29 is 4.74 Å². The molecule has 0 atom stereocenters. The van der Waals surface area contributed by atoms with Crippen LogP contribution in [0.1, 0.15) is 25.0 Å². The first kappa shape index (κ1) is 11.1. The van der Waals surface area contributed by atoms with Gasteiger partial charge in [0, 0.05) is 12.0 Å². The predicted molar refractivity (Wildman–Crippen MR) is 59.8 cm³/mol. The molecule has 0 saturated carbocycles. The molecule has 0 spiro atoms. The summed E-state index contributed by atoms with van der Waals surface area (Å²) in [4.78, 5) is 0. The molecule has 2 nitrogen and oxygen atoms in total. The fraction of sp³-hybridized carbons (Fsp3) is 0.500. The second kappa shape index (κ2) is 4.01. The molecule has 1 aromatic carbocycles. The van der Waals surface area contributed by atoms with Crippen molar-refractivity contribution >= 4 is 0 Å². The van der Waals surface area contributed by atoms with Crippen LogP contribution in [0.15, 0.2) is 18.2 Å². The first-order chi connectivity index (χ1) is 6.53. The molecule has 0 saturated heterocycles. The molecule has 0 fully saturated rings. The van der Waals surface area contributed by atoms with Crippen LogP contribution < -0.4 is 10.5 Å². The van der Waals surface area contributed by atoms with E-state index in [1.54, 1.807) is 7.11 Å². The van der Waals surface area contributed by atoms with Gasteiger partial charge in [-0.05, 0) is 24.1 Å². The van der Waals surface area contributed by atoms with Gasteiger partial charge in [0.1, 0.15) is 5.75 Å². The second-order valence-corrected chi connectivity index (χ2v) is 4.22. The molecule has 0 aliphatic carbocycles. The zero-order chi connectivity index (χ0) is 10.8. The molecule has 2 N–H and O–H groups in total. The topological polar surface area (TPSA) is 35.2 Å². The minimum Gasteiger partial charge on any atom is -0.496 e. The molecule has 14 heavy (non-hydrogen) atoms. The van der Waals surface area contributed by atoms with Gasteiger partial charge in [-0.2, -0.15) is 0 Å². The van der Waals surface area contributed by atoms with Crippen molar-refractivity contribution in [1.29, 1.82) is 0 Å². The Morgan fingerprint density at radius 2 is 2.00 bits per heavy atom. The summed E-state index contributed by atoms with van der Waals surface area (Å²) in [5, 5.41) is 0. The summed E-state index contributed by atoms with van der Waals surface area (Å²) in [5.41, 5.74) is 8.22. The summed E-state index contributed by atoms with van der Waals surface area (Å²) in [6.07, 6.45) is 0. The third-order valence-electron chi connectivity index (χ3n) is 2.74. The van der Waals surface area contributed by atoms with Crippen LogP contribution in [0.4, 0.5) is 0 Å². The van der Waals surface area contributed by atoms with Crippen molar-refractivity contribution in [3.8, 4) is 5.75 Å². The summed E-state index contributed by atoms with van der Waals surface area (Å²) in [6, 6.07) is 6.11. The van der Waals surface area contributed by atoms with Crippen molar-refractivity contribution in [3.63, 3.8) is 0 Å². The van der Waals surface area contributed by atoms with E-state index in [1.165, 1.54) is 11.1 Å². The molecule has 1 rings (SSSR count). The Balaban J connectivity index is 3.22. The van der Waals surface area contributed by atoms with Gasteiger partial charge in [-0.3, -0.25) is 0 Å². The summed E-state index contributed by atoms with van der Waals surface area (Å²) < 4.78 is 5.28. The maximum atomic E-state index is 5.76. The van der Waals surface area contributed by atoms with E-state index in [1.807, 2.05) is 12.1 Å². The number of methoxy groups -OCH3 is 1. The quantitative estimate of drug-likeness (QED) is 0.799. The van der Waals surface area contributed by atoms with E-state index in [2.05, 4.69) is 26.8 Å². The lowest BCUT2D eigenvalue weighted by Crippen LogP contribution is -2.29. The maximum absolute atomic E-state index is 5.76. The molecule has 0 heterocycles. The van der Waals surface area contributed by atoms with Gasteiger partial charge in [0.2, 0.25) is 0 Å². The van der Waals surface area contributed by atoms with Crippen LogP contribution in [-0.2, 0) is 5.41 Å². The average molecular weight is 193 g/mol. The first-order valence-electron chi connectivity index (χ1n) is 4.87. The van der Waals surface area contributed by atoms with E-state index in [0.717, 1.165) is 5.75 Å². The molecule has 0 radical (unpaired) electrons. The third-order valence-corrected chi connectivity index (χ3v) is 2.74. The Labute approximate surface area is 86.1 Å². The fourth-order valence-electron chi connectivity index (χ4n) is 1.68. The molecule has 0 aliphatic heterocycles. The first-order valence-corrected chi connectivity index (χ1v) is 4.87. The number of hydrogen-bond donors (Lipinski definition) is 1. The van der Waals surface area contributed by atoms with Gasteiger partial charge >= 0.3 is 0 Å². The van der Waals surface area contributed by atoms with Crippen LogP contribution >= 0.6 is 0 Å². The second-order valence-electron chi connectivity index (χ2n) is 4.22. The molecule has 0 aliphatic rings. The lowest BCUT2D eigenvalue weighted by Gasteiger charge is -2.26. The third kappa shape index (κ3) is 1.90. The van der Waals surface area contributed by atoms with Gasteiger partial charge in [-0.15, -0.1) is 0 Å². The fourth-order valence-corrected chi connectivity index (χ4v) is 1.68. The highest BCUT2D eigenvalue weighted by molar-refractivity contribution is 5.42. The Bertz CT molecular complexity index is 318. The Morgan fingerprint density at radius 3 is 2.50 bits per heavy atom. The van der Waals surface area contributed by atoms with Crippen LogP contribution in [0.3, 0.4) is 0 Å². The SMILES string of the molecule is COc1cccc(C(C)(C)CN)c1C. The van der Waals surface area contributed by atoms with E-state index < -0.39 is 0 Å². The van der Waals surface area contributed by atoms with Crippen molar-refractivity contribution in [1.82, 2.24) is 0 Å². The summed E-state index contributed by atoms with van der Waals surface area (Å²) in [7, 11) is 1.70. The predicted octanol–water partition coefficient (Wildman–Crippen LogP) is 2.24. The van der Waals surface area contributed by atoms with Gasteiger partial charge in [0.15, 0.2) is 0 Å². The van der Waals surface area contributed by atoms with Gasteiger partial charge < -0.3 is 10.5 Å². The smallest absolute Gasteiger partial charge is 0.122 e. The van der Waals surface area contributed by atoms with Crippen LogP contribution in [-0.4, -0.2) is 13.7 Å². The van der Waals surface area contributed by atoms with Crippen LogP contribution in [0.5, 0.6) is 5.75 Å². The molecular formula is C12H19NO. The van der Waals surface area contributed by atoms with Crippen molar-refractivity contribution in [2.75, 3.05) is 13.7 Å². The lowest BCUT2D eigenvalue weighted by atomic mass is 9.82. The number of nitrogens with two attached hydrogens (primary N) is 1. The Hall–Kier alpha value is -1.02. The summed E-state index contributed by atoms with van der Waals surface area (Å²) in [5.74, 6) is 0.934. The molecule has 0 amide bonds. The number of rotatable bonds is 3. The van der Waals surface area contributed by atoms with E-state index >= 15 is 0 Å². The van der Waals surface area contributed by atoms with Crippen LogP contribution in [0.2, 0.25) is 0 Å². The molecule has 0 aromatic heterocycles. The van der Waals surface area contributed by atoms with Crippen LogP contribution in [0.25, 0.3) is 0 Å². The number of benzene rings is 1. The summed E-state index contributed by atoms with van der Waals surface area (Å²) >= 11 is 0. The van der Waals surface area contributed by atoms with Crippen LogP contribution in [0, 0.1) is 6.92 Å². The van der Waals surface area contributed by atoms with E-state index in [9.17, 15) is 0 Å². The zero-order valence-electron chi connectivity index (χ0n) is 9.42. The molecule has 0 unspecified atom stereocenters. The maximum Gasteiger partial charge on any atom is 0.122 e. The number of hydrogen-bond acceptors (Lipinski definition) is 2.